The first kappa shape index (κ1) is 14.4. The molecule has 0 aromatic heterocycles. The van der Waals surface area contributed by atoms with Crippen LogP contribution in [0.25, 0.3) is 0 Å². The Bertz CT molecular complexity index is 568. The van der Waals surface area contributed by atoms with E-state index in [1.54, 1.807) is 7.11 Å². The van der Waals surface area contributed by atoms with Gasteiger partial charge in [0.15, 0.2) is 0 Å². The van der Waals surface area contributed by atoms with Gasteiger partial charge in [0.1, 0.15) is 5.75 Å². The van der Waals surface area contributed by atoms with Crippen molar-refractivity contribution in [3.63, 3.8) is 0 Å². The van der Waals surface area contributed by atoms with E-state index in [1.807, 2.05) is 24.3 Å². The number of ether oxygens (including phenoxy) is 1. The number of halogens is 2. The lowest BCUT2D eigenvalue weighted by Gasteiger charge is -2.15. The number of rotatable bonds is 4. The molecule has 0 N–H and O–H groups in total. The van der Waals surface area contributed by atoms with Gasteiger partial charge in [-0.15, -0.1) is 0 Å². The molecule has 2 aromatic rings. The molecule has 0 saturated heterocycles. The van der Waals surface area contributed by atoms with Gasteiger partial charge in [0.05, 0.1) is 7.11 Å². The summed E-state index contributed by atoms with van der Waals surface area (Å²) in [6.07, 6.45) is 0.868. The summed E-state index contributed by atoms with van der Waals surface area (Å²) in [5.41, 5.74) is 3.63. The molecular formula is C16H16BrClO. The van der Waals surface area contributed by atoms with E-state index in [2.05, 4.69) is 41.1 Å². The van der Waals surface area contributed by atoms with Crippen LogP contribution in [0.1, 0.15) is 21.5 Å². The summed E-state index contributed by atoms with van der Waals surface area (Å²) >= 11 is 9.96. The minimum Gasteiger partial charge on any atom is -0.497 e. The fraction of sp³-hybridized carbons (Fsp3) is 0.250. The molecule has 0 aliphatic rings. The van der Waals surface area contributed by atoms with Crippen molar-refractivity contribution in [2.24, 2.45) is 0 Å². The van der Waals surface area contributed by atoms with E-state index in [-0.39, 0.29) is 4.83 Å². The molecule has 0 spiro atoms. The minimum absolute atomic E-state index is 0.248. The summed E-state index contributed by atoms with van der Waals surface area (Å²) in [7, 11) is 1.68. The van der Waals surface area contributed by atoms with E-state index in [9.17, 15) is 0 Å². The Morgan fingerprint density at radius 2 is 1.95 bits per heavy atom. The third-order valence-electron chi connectivity index (χ3n) is 3.17. The Balaban J connectivity index is 2.21. The van der Waals surface area contributed by atoms with Gasteiger partial charge in [0.25, 0.3) is 0 Å². The van der Waals surface area contributed by atoms with Gasteiger partial charge in [-0.2, -0.15) is 0 Å². The second-order valence-corrected chi connectivity index (χ2v) is 6.00. The number of benzene rings is 2. The number of hydrogen-bond acceptors (Lipinski definition) is 1. The molecule has 0 amide bonds. The number of hydrogen-bond donors (Lipinski definition) is 0. The maximum atomic E-state index is 6.20. The highest BCUT2D eigenvalue weighted by atomic mass is 79.9. The highest BCUT2D eigenvalue weighted by molar-refractivity contribution is 9.09. The Labute approximate surface area is 127 Å². The molecule has 0 fully saturated rings. The first-order valence-electron chi connectivity index (χ1n) is 6.14. The molecule has 0 heterocycles. The van der Waals surface area contributed by atoms with Gasteiger partial charge in [-0.1, -0.05) is 51.8 Å². The molecule has 0 bridgehead atoms. The van der Waals surface area contributed by atoms with Crippen molar-refractivity contribution in [2.45, 2.75) is 18.2 Å². The van der Waals surface area contributed by atoms with Crippen LogP contribution in [0, 0.1) is 6.92 Å². The second kappa shape index (κ2) is 6.44. The summed E-state index contributed by atoms with van der Waals surface area (Å²) < 4.78 is 5.23. The Morgan fingerprint density at radius 1 is 1.21 bits per heavy atom. The molecule has 2 rings (SSSR count). The number of methoxy groups -OCH3 is 1. The lowest BCUT2D eigenvalue weighted by atomic mass is 10.00. The quantitative estimate of drug-likeness (QED) is 0.684. The highest BCUT2D eigenvalue weighted by Gasteiger charge is 2.13. The van der Waals surface area contributed by atoms with Crippen LogP contribution in [0.3, 0.4) is 0 Å². The van der Waals surface area contributed by atoms with Gasteiger partial charge in [0.2, 0.25) is 0 Å². The van der Waals surface area contributed by atoms with Crippen molar-refractivity contribution in [3.05, 3.63) is 64.2 Å². The van der Waals surface area contributed by atoms with Crippen LogP contribution in [0.2, 0.25) is 5.02 Å². The predicted octanol–water partition coefficient (Wildman–Crippen LogP) is 5.34. The molecule has 1 unspecified atom stereocenters. The maximum absolute atomic E-state index is 6.20. The molecule has 3 heteroatoms. The van der Waals surface area contributed by atoms with Crippen molar-refractivity contribution in [3.8, 4) is 5.75 Å². The van der Waals surface area contributed by atoms with Crippen molar-refractivity contribution >= 4 is 27.5 Å². The van der Waals surface area contributed by atoms with Gasteiger partial charge in [-0.05, 0) is 48.2 Å². The summed E-state index contributed by atoms with van der Waals surface area (Å²) in [6.45, 7) is 2.10. The van der Waals surface area contributed by atoms with E-state index in [1.165, 1.54) is 11.1 Å². The zero-order valence-corrected chi connectivity index (χ0v) is 13.3. The van der Waals surface area contributed by atoms with Crippen molar-refractivity contribution in [1.29, 1.82) is 0 Å². The van der Waals surface area contributed by atoms with E-state index in [0.717, 1.165) is 22.8 Å². The highest BCUT2D eigenvalue weighted by Crippen LogP contribution is 2.33. The van der Waals surface area contributed by atoms with Gasteiger partial charge >= 0.3 is 0 Å². The smallest absolute Gasteiger partial charge is 0.119 e. The third kappa shape index (κ3) is 3.52. The van der Waals surface area contributed by atoms with Crippen molar-refractivity contribution < 1.29 is 4.74 Å². The number of aryl methyl sites for hydroxylation is 1. The largest absolute Gasteiger partial charge is 0.497 e. The fourth-order valence-corrected chi connectivity index (χ4v) is 3.17. The first-order valence-corrected chi connectivity index (χ1v) is 7.43. The first-order chi connectivity index (χ1) is 9.11. The summed E-state index contributed by atoms with van der Waals surface area (Å²) in [5, 5.41) is 0.818. The van der Waals surface area contributed by atoms with E-state index in [4.69, 9.17) is 16.3 Å². The zero-order valence-electron chi connectivity index (χ0n) is 11.0. The van der Waals surface area contributed by atoms with Crippen LogP contribution in [0.5, 0.6) is 5.75 Å². The minimum atomic E-state index is 0.248. The fourth-order valence-electron chi connectivity index (χ4n) is 2.09. The lowest BCUT2D eigenvalue weighted by molar-refractivity contribution is 0.414. The summed E-state index contributed by atoms with van der Waals surface area (Å²) in [4.78, 5) is 0.248. The lowest BCUT2D eigenvalue weighted by Crippen LogP contribution is -1.99. The molecule has 19 heavy (non-hydrogen) atoms. The van der Waals surface area contributed by atoms with E-state index >= 15 is 0 Å². The van der Waals surface area contributed by atoms with Crippen LogP contribution < -0.4 is 4.74 Å². The average molecular weight is 340 g/mol. The Morgan fingerprint density at radius 3 is 2.58 bits per heavy atom. The zero-order chi connectivity index (χ0) is 13.8. The summed E-state index contributed by atoms with van der Waals surface area (Å²) in [5.74, 6) is 0.888. The van der Waals surface area contributed by atoms with Gasteiger partial charge in [-0.3, -0.25) is 0 Å². The topological polar surface area (TPSA) is 9.23 Å². The maximum Gasteiger partial charge on any atom is 0.119 e. The standard InChI is InChI=1S/C16H16BrClO/c1-11-9-13(19-2)7-8-14(11)15(17)10-12-5-3-4-6-16(12)18/h3-9,15H,10H2,1-2H3. The van der Waals surface area contributed by atoms with E-state index < -0.39 is 0 Å². The molecular weight excluding hydrogens is 324 g/mol. The molecule has 1 nitrogen and oxygen atoms in total. The molecule has 0 aliphatic carbocycles. The molecule has 2 aromatic carbocycles. The molecule has 100 valence electrons. The molecule has 0 aliphatic heterocycles. The number of alkyl halides is 1. The Kier molecular flexibility index (Phi) is 4.89. The molecule has 0 radical (unpaired) electrons. The van der Waals surface area contributed by atoms with Gasteiger partial charge in [-0.25, -0.2) is 0 Å². The third-order valence-corrected chi connectivity index (χ3v) is 4.36. The van der Waals surface area contributed by atoms with Crippen LogP contribution in [0.15, 0.2) is 42.5 Å². The van der Waals surface area contributed by atoms with Crippen molar-refractivity contribution in [1.82, 2.24) is 0 Å². The van der Waals surface area contributed by atoms with Gasteiger partial charge in [0, 0.05) is 9.85 Å². The van der Waals surface area contributed by atoms with Crippen LogP contribution in [-0.4, -0.2) is 7.11 Å². The van der Waals surface area contributed by atoms with Gasteiger partial charge < -0.3 is 4.74 Å². The van der Waals surface area contributed by atoms with E-state index in [0.29, 0.717) is 0 Å². The summed E-state index contributed by atoms with van der Waals surface area (Å²) in [6, 6.07) is 14.1. The van der Waals surface area contributed by atoms with Crippen molar-refractivity contribution in [2.75, 3.05) is 7.11 Å². The monoisotopic (exact) mass is 338 g/mol. The SMILES string of the molecule is COc1ccc(C(Br)Cc2ccccc2Cl)c(C)c1. The van der Waals surface area contributed by atoms with Crippen LogP contribution in [0.4, 0.5) is 0 Å². The molecule has 1 atom stereocenters. The molecule has 0 saturated carbocycles. The van der Waals surface area contributed by atoms with Crippen LogP contribution >= 0.6 is 27.5 Å². The van der Waals surface area contributed by atoms with Crippen LogP contribution in [-0.2, 0) is 6.42 Å². The average Bonchev–Trinajstić information content (AvgIpc) is 2.41. The second-order valence-electron chi connectivity index (χ2n) is 4.49. The Hall–Kier alpha value is -0.990. The normalized spacial score (nSPS) is 12.2. The predicted molar refractivity (Wildman–Crippen MR) is 84.6 cm³/mol.